The van der Waals surface area contributed by atoms with Gasteiger partial charge in [-0.05, 0) is 79.6 Å². The molecule has 6 heteroatoms. The second kappa shape index (κ2) is 9.97. The maximum absolute atomic E-state index is 12.9. The minimum atomic E-state index is -0.277. The Kier molecular flexibility index (Phi) is 6.44. The highest BCUT2D eigenvalue weighted by molar-refractivity contribution is 6.04. The van der Waals surface area contributed by atoms with E-state index in [1.807, 2.05) is 43.3 Å². The molecule has 0 spiro atoms. The quantitative estimate of drug-likeness (QED) is 0.422. The number of carbonyl (C=O) groups excluding carboxylic acids is 1. The van der Waals surface area contributed by atoms with E-state index in [9.17, 15) is 9.59 Å². The summed E-state index contributed by atoms with van der Waals surface area (Å²) in [4.78, 5) is 25.4. The Morgan fingerprint density at radius 2 is 1.77 bits per heavy atom. The third-order valence-electron chi connectivity index (χ3n) is 6.26. The number of anilines is 1. The van der Waals surface area contributed by atoms with Crippen molar-refractivity contribution < 1.29 is 9.53 Å². The third kappa shape index (κ3) is 5.17. The summed E-state index contributed by atoms with van der Waals surface area (Å²) in [6, 6.07) is 24.0. The van der Waals surface area contributed by atoms with E-state index in [0.717, 1.165) is 36.1 Å². The second-order valence-corrected chi connectivity index (χ2v) is 8.85. The van der Waals surface area contributed by atoms with Crippen molar-refractivity contribution in [2.24, 2.45) is 0 Å². The van der Waals surface area contributed by atoms with Gasteiger partial charge in [-0.2, -0.15) is 4.68 Å². The number of nitrogens with one attached hydrogen (secondary N) is 1. The number of carbonyl (C=O) groups is 1. The van der Waals surface area contributed by atoms with Gasteiger partial charge in [-0.15, -0.1) is 5.10 Å². The first kappa shape index (κ1) is 22.6. The summed E-state index contributed by atoms with van der Waals surface area (Å²) in [6.07, 6.45) is 4.38. The predicted octanol–water partition coefficient (Wildman–Crippen LogP) is 5.25. The molecule has 6 nitrogen and oxygen atoms in total. The van der Waals surface area contributed by atoms with Crippen LogP contribution in [0.1, 0.15) is 45.5 Å². The van der Waals surface area contributed by atoms with Crippen LogP contribution in [-0.4, -0.2) is 15.7 Å². The first-order valence-corrected chi connectivity index (χ1v) is 11.9. The van der Waals surface area contributed by atoms with Crippen LogP contribution >= 0.6 is 0 Å². The van der Waals surface area contributed by atoms with Gasteiger partial charge in [0.15, 0.2) is 0 Å². The van der Waals surface area contributed by atoms with Crippen LogP contribution in [0.25, 0.3) is 5.69 Å². The highest BCUT2D eigenvalue weighted by atomic mass is 16.5. The van der Waals surface area contributed by atoms with Crippen molar-refractivity contribution in [1.82, 2.24) is 9.78 Å². The van der Waals surface area contributed by atoms with Crippen LogP contribution in [0.3, 0.4) is 0 Å². The number of rotatable bonds is 6. The van der Waals surface area contributed by atoms with Gasteiger partial charge in [-0.25, -0.2) is 0 Å². The topological polar surface area (TPSA) is 73.2 Å². The van der Waals surface area contributed by atoms with Crippen LogP contribution in [0.4, 0.5) is 5.69 Å². The second-order valence-electron chi connectivity index (χ2n) is 8.85. The molecule has 1 N–H and O–H groups in total. The van der Waals surface area contributed by atoms with Gasteiger partial charge >= 0.3 is 0 Å². The van der Waals surface area contributed by atoms with Crippen molar-refractivity contribution in [2.45, 2.75) is 39.2 Å². The molecule has 0 saturated carbocycles. The molecule has 0 atom stereocenters. The van der Waals surface area contributed by atoms with E-state index in [1.54, 1.807) is 30.3 Å². The molecule has 1 aliphatic rings. The smallest absolute Gasteiger partial charge is 0.271 e. The summed E-state index contributed by atoms with van der Waals surface area (Å²) >= 11 is 0. The summed E-state index contributed by atoms with van der Waals surface area (Å²) < 4.78 is 7.08. The van der Waals surface area contributed by atoms with Crippen LogP contribution in [0, 0.1) is 6.92 Å². The molecular weight excluding hydrogens is 438 g/mol. The summed E-state index contributed by atoms with van der Waals surface area (Å²) in [6.45, 7) is 2.38. The maximum atomic E-state index is 12.9. The van der Waals surface area contributed by atoms with Gasteiger partial charge in [0.2, 0.25) is 5.88 Å². The van der Waals surface area contributed by atoms with Crippen molar-refractivity contribution >= 4 is 11.6 Å². The molecule has 35 heavy (non-hydrogen) atoms. The van der Waals surface area contributed by atoms with E-state index in [2.05, 4.69) is 16.5 Å². The first-order valence-electron chi connectivity index (χ1n) is 11.9. The third-order valence-corrected chi connectivity index (χ3v) is 6.26. The largest absolute Gasteiger partial charge is 0.472 e. The van der Waals surface area contributed by atoms with Gasteiger partial charge in [0.1, 0.15) is 6.61 Å². The van der Waals surface area contributed by atoms with Crippen molar-refractivity contribution in [2.75, 3.05) is 5.32 Å². The lowest BCUT2D eigenvalue weighted by Gasteiger charge is -2.19. The molecule has 1 amide bonds. The molecule has 0 bridgehead atoms. The Morgan fingerprint density at radius 3 is 2.60 bits per heavy atom. The summed E-state index contributed by atoms with van der Waals surface area (Å²) in [7, 11) is 0. The number of hydrogen-bond donors (Lipinski definition) is 1. The molecule has 1 aliphatic carbocycles. The van der Waals surface area contributed by atoms with Crippen molar-refractivity contribution in [1.29, 1.82) is 0 Å². The van der Waals surface area contributed by atoms with E-state index in [4.69, 9.17) is 4.74 Å². The molecular formula is C29H27N3O3. The number of aromatic nitrogens is 2. The molecule has 4 aromatic rings. The molecule has 1 aromatic heterocycles. The number of nitrogens with zero attached hydrogens (tertiary/aromatic N) is 2. The number of aryl methyl sites for hydroxylation is 2. The van der Waals surface area contributed by atoms with Crippen LogP contribution in [0.2, 0.25) is 0 Å². The lowest BCUT2D eigenvalue weighted by Crippen LogP contribution is -2.21. The number of amides is 1. The van der Waals surface area contributed by atoms with Crippen LogP contribution in [0.5, 0.6) is 5.88 Å². The molecule has 176 valence electrons. The number of ether oxygens (including phenoxy) is 1. The summed E-state index contributed by atoms with van der Waals surface area (Å²) in [5.74, 6) is 0.174. The zero-order chi connectivity index (χ0) is 24.2. The summed E-state index contributed by atoms with van der Waals surface area (Å²) in [5, 5.41) is 7.41. The number of fused-ring (bicyclic) bond motifs is 1. The SMILES string of the molecule is Cc1cccc(COc2ccc(=O)n(-c3ccc(C(=O)Nc4cccc5c4CCCC5)cc3)n2)c1. The lowest BCUT2D eigenvalue weighted by molar-refractivity contribution is 0.102. The first-order chi connectivity index (χ1) is 17.1. The van der Waals surface area contributed by atoms with E-state index >= 15 is 0 Å². The van der Waals surface area contributed by atoms with Crippen LogP contribution in [-0.2, 0) is 19.4 Å². The Hall–Kier alpha value is -4.19. The van der Waals surface area contributed by atoms with Gasteiger partial charge in [-0.3, -0.25) is 9.59 Å². The molecule has 0 aliphatic heterocycles. The normalized spacial score (nSPS) is 12.6. The molecule has 0 fully saturated rings. The van der Waals surface area contributed by atoms with Crippen LogP contribution < -0.4 is 15.6 Å². The molecule has 3 aromatic carbocycles. The lowest BCUT2D eigenvalue weighted by atomic mass is 9.90. The van der Waals surface area contributed by atoms with Crippen LogP contribution in [0.15, 0.2) is 83.7 Å². The van der Waals surface area contributed by atoms with Gasteiger partial charge in [0.25, 0.3) is 11.5 Å². The zero-order valence-corrected chi connectivity index (χ0v) is 19.7. The van der Waals surface area contributed by atoms with Crippen molar-refractivity contribution in [3.8, 4) is 11.6 Å². The monoisotopic (exact) mass is 465 g/mol. The minimum absolute atomic E-state index is 0.175. The Morgan fingerprint density at radius 1 is 0.971 bits per heavy atom. The van der Waals surface area contributed by atoms with E-state index < -0.39 is 0 Å². The Labute approximate surface area is 204 Å². The van der Waals surface area contributed by atoms with Gasteiger partial charge < -0.3 is 10.1 Å². The fourth-order valence-corrected chi connectivity index (χ4v) is 4.46. The minimum Gasteiger partial charge on any atom is -0.472 e. The number of hydrogen-bond acceptors (Lipinski definition) is 4. The highest BCUT2D eigenvalue weighted by Crippen LogP contribution is 2.28. The average Bonchev–Trinajstić information content (AvgIpc) is 2.88. The van der Waals surface area contributed by atoms with Crippen molar-refractivity contribution in [3.63, 3.8) is 0 Å². The predicted molar refractivity (Wildman–Crippen MR) is 136 cm³/mol. The fourth-order valence-electron chi connectivity index (χ4n) is 4.46. The summed E-state index contributed by atoms with van der Waals surface area (Å²) in [5.41, 5.74) is 6.42. The van der Waals surface area contributed by atoms with Crippen molar-refractivity contribution in [3.05, 3.63) is 117 Å². The molecule has 0 unspecified atom stereocenters. The van der Waals surface area contributed by atoms with Gasteiger partial charge in [0, 0.05) is 23.4 Å². The Balaban J connectivity index is 1.31. The molecule has 1 heterocycles. The van der Waals surface area contributed by atoms with E-state index in [0.29, 0.717) is 23.7 Å². The molecule has 0 saturated heterocycles. The fraction of sp³-hybridized carbons (Fsp3) is 0.207. The standard InChI is InChI=1S/C29H27N3O3/c1-20-6-4-7-21(18-20)19-35-27-16-17-28(33)32(31-27)24-14-12-23(13-15-24)29(34)30-26-11-5-9-22-8-2-3-10-25(22)26/h4-7,9,11-18H,2-3,8,10,19H2,1H3,(H,30,34). The highest BCUT2D eigenvalue weighted by Gasteiger charge is 2.15. The molecule has 5 rings (SSSR count). The van der Waals surface area contributed by atoms with E-state index in [-0.39, 0.29) is 11.5 Å². The molecule has 0 radical (unpaired) electrons. The maximum Gasteiger partial charge on any atom is 0.271 e. The number of benzene rings is 3. The average molecular weight is 466 g/mol. The van der Waals surface area contributed by atoms with Gasteiger partial charge in [0.05, 0.1) is 5.69 Å². The van der Waals surface area contributed by atoms with Gasteiger partial charge in [-0.1, -0.05) is 42.0 Å². The zero-order valence-electron chi connectivity index (χ0n) is 19.7. The Bertz CT molecular complexity index is 1420. The van der Waals surface area contributed by atoms with E-state index in [1.165, 1.54) is 28.3 Å².